The minimum atomic E-state index is -0.482. The summed E-state index contributed by atoms with van der Waals surface area (Å²) in [5, 5.41) is 22.5. The number of hydrogen-bond donors (Lipinski definition) is 5. The third kappa shape index (κ3) is 4.01. The summed E-state index contributed by atoms with van der Waals surface area (Å²) in [7, 11) is 0. The normalized spacial score (nSPS) is 12.0. The Labute approximate surface area is 143 Å². The number of aryl methyl sites for hydroxylation is 1. The summed E-state index contributed by atoms with van der Waals surface area (Å²) in [4.78, 5) is 8.43. The Morgan fingerprint density at radius 3 is 2.72 bits per heavy atom. The van der Waals surface area contributed by atoms with Crippen molar-refractivity contribution >= 4 is 23.3 Å². The number of nitrogens with two attached hydrogens (primary N) is 1. The third-order valence-corrected chi connectivity index (χ3v) is 3.53. The Morgan fingerprint density at radius 1 is 1.32 bits per heavy atom. The van der Waals surface area contributed by atoms with Crippen molar-refractivity contribution in [1.29, 1.82) is 0 Å². The number of H-pyrrole nitrogens is 1. The van der Waals surface area contributed by atoms with Crippen LogP contribution in [0.4, 0.5) is 27.7 Å². The molecule has 0 bridgehead atoms. The molecule has 1 aromatic carbocycles. The van der Waals surface area contributed by atoms with E-state index in [9.17, 15) is 9.50 Å². The molecule has 0 unspecified atom stereocenters. The van der Waals surface area contributed by atoms with Gasteiger partial charge < -0.3 is 21.5 Å². The van der Waals surface area contributed by atoms with E-state index in [0.717, 1.165) is 5.69 Å². The number of benzene rings is 1. The van der Waals surface area contributed by atoms with E-state index in [1.165, 1.54) is 18.3 Å². The number of nitrogen functional groups attached to an aromatic ring is 1. The molecule has 3 aromatic rings. The summed E-state index contributed by atoms with van der Waals surface area (Å²) in [5.41, 5.74) is 7.85. The molecular weight excluding hydrogens is 325 g/mol. The molecule has 0 amide bonds. The van der Waals surface area contributed by atoms with Gasteiger partial charge in [-0.05, 0) is 24.6 Å². The Balaban J connectivity index is 1.79. The molecule has 6 N–H and O–H groups in total. The van der Waals surface area contributed by atoms with Crippen molar-refractivity contribution in [1.82, 2.24) is 20.2 Å². The van der Waals surface area contributed by atoms with Crippen LogP contribution < -0.4 is 16.4 Å². The van der Waals surface area contributed by atoms with Gasteiger partial charge in [-0.1, -0.05) is 12.1 Å². The van der Waals surface area contributed by atoms with Crippen LogP contribution in [0, 0.1) is 12.7 Å². The van der Waals surface area contributed by atoms with E-state index in [4.69, 9.17) is 5.73 Å². The summed E-state index contributed by atoms with van der Waals surface area (Å²) in [5.74, 6) is 0.892. The molecule has 0 aliphatic carbocycles. The predicted molar refractivity (Wildman–Crippen MR) is 92.9 cm³/mol. The molecule has 0 fully saturated rings. The number of rotatable bonds is 6. The zero-order valence-corrected chi connectivity index (χ0v) is 13.5. The second-order valence-electron chi connectivity index (χ2n) is 5.49. The van der Waals surface area contributed by atoms with Gasteiger partial charge in [0.15, 0.2) is 11.6 Å². The lowest BCUT2D eigenvalue weighted by atomic mass is 10.1. The van der Waals surface area contributed by atoms with E-state index in [2.05, 4.69) is 30.8 Å². The number of aromatic nitrogens is 4. The van der Waals surface area contributed by atoms with Gasteiger partial charge in [0.2, 0.25) is 5.95 Å². The minimum Gasteiger partial charge on any atom is -0.394 e. The zero-order valence-electron chi connectivity index (χ0n) is 13.5. The van der Waals surface area contributed by atoms with Crippen LogP contribution in [0.25, 0.3) is 0 Å². The molecule has 130 valence electrons. The molecule has 0 aliphatic rings. The topological polar surface area (TPSA) is 125 Å². The van der Waals surface area contributed by atoms with Gasteiger partial charge in [0.1, 0.15) is 5.82 Å². The van der Waals surface area contributed by atoms with Gasteiger partial charge in [0.25, 0.3) is 0 Å². The summed E-state index contributed by atoms with van der Waals surface area (Å²) >= 11 is 0. The highest BCUT2D eigenvalue weighted by Gasteiger charge is 2.13. The SMILES string of the molecule is Cc1cc(Nc2nc(N[C@@H](CO)c3ccc(F)cc3)ncc2N)n[nH]1. The van der Waals surface area contributed by atoms with Gasteiger partial charge in [0.05, 0.1) is 24.5 Å². The molecular formula is C16H18FN7O. The number of nitrogens with one attached hydrogen (secondary N) is 3. The fourth-order valence-electron chi connectivity index (χ4n) is 2.25. The van der Waals surface area contributed by atoms with Gasteiger partial charge in [0, 0.05) is 11.8 Å². The van der Waals surface area contributed by atoms with Crippen LogP contribution in [0.2, 0.25) is 0 Å². The molecule has 0 saturated carbocycles. The maximum Gasteiger partial charge on any atom is 0.225 e. The maximum absolute atomic E-state index is 13.0. The smallest absolute Gasteiger partial charge is 0.225 e. The number of anilines is 4. The highest BCUT2D eigenvalue weighted by Crippen LogP contribution is 2.23. The van der Waals surface area contributed by atoms with E-state index < -0.39 is 6.04 Å². The number of aliphatic hydroxyl groups is 1. The first-order valence-electron chi connectivity index (χ1n) is 7.59. The van der Waals surface area contributed by atoms with Gasteiger partial charge in [-0.15, -0.1) is 0 Å². The van der Waals surface area contributed by atoms with Crippen LogP contribution >= 0.6 is 0 Å². The molecule has 0 aliphatic heterocycles. The Bertz CT molecular complexity index is 850. The molecule has 0 spiro atoms. The molecule has 8 nitrogen and oxygen atoms in total. The summed E-state index contributed by atoms with van der Waals surface area (Å²) in [6.45, 7) is 1.67. The first-order chi connectivity index (χ1) is 12.0. The van der Waals surface area contributed by atoms with Crippen molar-refractivity contribution in [3.63, 3.8) is 0 Å². The molecule has 3 rings (SSSR count). The van der Waals surface area contributed by atoms with Crippen molar-refractivity contribution in [2.45, 2.75) is 13.0 Å². The molecule has 2 aromatic heterocycles. The van der Waals surface area contributed by atoms with E-state index >= 15 is 0 Å². The average molecular weight is 343 g/mol. The largest absolute Gasteiger partial charge is 0.394 e. The molecule has 1 atom stereocenters. The molecule has 2 heterocycles. The lowest BCUT2D eigenvalue weighted by molar-refractivity contribution is 0.276. The first-order valence-corrected chi connectivity index (χ1v) is 7.59. The molecule has 25 heavy (non-hydrogen) atoms. The van der Waals surface area contributed by atoms with Crippen molar-refractivity contribution in [3.05, 3.63) is 53.6 Å². The lowest BCUT2D eigenvalue weighted by Gasteiger charge is -2.17. The monoisotopic (exact) mass is 343 g/mol. The standard InChI is InChI=1S/C16H18FN7O/c1-9-6-14(24-23-9)21-15-12(18)7-19-16(22-15)20-13(8-25)10-2-4-11(17)5-3-10/h2-7,13,25H,8,18H2,1H3,(H3,19,20,21,22,23,24)/t13-/m0/s1. The van der Waals surface area contributed by atoms with Gasteiger partial charge in [-0.25, -0.2) is 9.37 Å². The third-order valence-electron chi connectivity index (χ3n) is 3.53. The van der Waals surface area contributed by atoms with Crippen molar-refractivity contribution in [2.24, 2.45) is 0 Å². The van der Waals surface area contributed by atoms with Crippen LogP contribution in [-0.2, 0) is 0 Å². The molecule has 9 heteroatoms. The highest BCUT2D eigenvalue weighted by molar-refractivity contribution is 5.67. The quantitative estimate of drug-likeness (QED) is 0.464. The zero-order chi connectivity index (χ0) is 17.8. The van der Waals surface area contributed by atoms with Crippen molar-refractivity contribution in [3.8, 4) is 0 Å². The first kappa shape index (κ1) is 16.7. The summed E-state index contributed by atoms with van der Waals surface area (Å²) in [6.07, 6.45) is 1.45. The van der Waals surface area contributed by atoms with E-state index in [0.29, 0.717) is 22.9 Å². The van der Waals surface area contributed by atoms with Crippen LogP contribution in [0.5, 0.6) is 0 Å². The molecule has 0 saturated heterocycles. The van der Waals surface area contributed by atoms with Gasteiger partial charge in [-0.2, -0.15) is 10.1 Å². The summed E-state index contributed by atoms with van der Waals surface area (Å²) < 4.78 is 13.0. The second-order valence-corrected chi connectivity index (χ2v) is 5.49. The summed E-state index contributed by atoms with van der Waals surface area (Å²) in [6, 6.07) is 7.17. The molecule has 0 radical (unpaired) electrons. The Kier molecular flexibility index (Phi) is 4.75. The van der Waals surface area contributed by atoms with Gasteiger partial charge in [-0.3, -0.25) is 5.10 Å². The second kappa shape index (κ2) is 7.14. The predicted octanol–water partition coefficient (Wildman–Crippen LogP) is 2.12. The van der Waals surface area contributed by atoms with E-state index in [1.807, 2.05) is 13.0 Å². The fourth-order valence-corrected chi connectivity index (χ4v) is 2.25. The number of halogens is 1. The highest BCUT2D eigenvalue weighted by atomic mass is 19.1. The maximum atomic E-state index is 13.0. The van der Waals surface area contributed by atoms with Crippen LogP contribution in [0.1, 0.15) is 17.3 Å². The Hall–Kier alpha value is -3.20. The van der Waals surface area contributed by atoms with Crippen molar-refractivity contribution < 1.29 is 9.50 Å². The fraction of sp³-hybridized carbons (Fsp3) is 0.188. The van der Waals surface area contributed by atoms with Crippen molar-refractivity contribution in [2.75, 3.05) is 23.0 Å². The number of aromatic amines is 1. The van der Waals surface area contributed by atoms with Crippen LogP contribution in [0.3, 0.4) is 0 Å². The number of aliphatic hydroxyl groups excluding tert-OH is 1. The minimum absolute atomic E-state index is 0.208. The number of nitrogens with zero attached hydrogens (tertiary/aromatic N) is 3. The van der Waals surface area contributed by atoms with E-state index in [-0.39, 0.29) is 18.4 Å². The Morgan fingerprint density at radius 2 is 2.08 bits per heavy atom. The van der Waals surface area contributed by atoms with E-state index in [1.54, 1.807) is 12.1 Å². The van der Waals surface area contributed by atoms with Crippen LogP contribution in [-0.4, -0.2) is 31.9 Å². The van der Waals surface area contributed by atoms with Crippen LogP contribution in [0.15, 0.2) is 36.5 Å². The van der Waals surface area contributed by atoms with Gasteiger partial charge >= 0.3 is 0 Å². The lowest BCUT2D eigenvalue weighted by Crippen LogP contribution is -2.17. The average Bonchev–Trinajstić information content (AvgIpc) is 3.01. The number of hydrogen-bond acceptors (Lipinski definition) is 7.